The highest BCUT2D eigenvalue weighted by Gasteiger charge is 2.20. The Kier molecular flexibility index (Phi) is 5.12. The molecule has 0 aliphatic heterocycles. The van der Waals surface area contributed by atoms with Gasteiger partial charge in [-0.05, 0) is 49.7 Å². The first kappa shape index (κ1) is 20.1. The molecule has 2 heterocycles. The van der Waals surface area contributed by atoms with E-state index in [9.17, 15) is 19.5 Å². The molecule has 0 fully saturated rings. The minimum Gasteiger partial charge on any atom is -0.506 e. The molecule has 0 aliphatic carbocycles. The summed E-state index contributed by atoms with van der Waals surface area (Å²) in [5.74, 6) is -0.984. The molecule has 156 valence electrons. The maximum atomic E-state index is 13.1. The molecule has 0 saturated heterocycles. The number of carbonyl (C=O) groups excluding carboxylic acids is 2. The monoisotopic (exact) mass is 416 g/mol. The number of phenolic OH excluding ortho intramolecular Hbond substituents is 1. The van der Waals surface area contributed by atoms with Crippen LogP contribution in [0.5, 0.6) is 5.75 Å². The highest BCUT2D eigenvalue weighted by atomic mass is 16.3. The van der Waals surface area contributed by atoms with E-state index in [4.69, 9.17) is 0 Å². The zero-order valence-electron chi connectivity index (χ0n) is 17.0. The number of hydrogen-bond donors (Lipinski definition) is 3. The standard InChI is InChI=1S/C23H20N4O4/c1-3-27-12-17(22(30)26-23(31)25-14-7-4-6-13(2)10-14)21(29)16-11-18(28)19-15(20(16)27)8-5-9-24-19/h4-12,28H,3H2,1-2H3,(H2,25,26,30,31). The van der Waals surface area contributed by atoms with E-state index < -0.39 is 17.4 Å². The van der Waals surface area contributed by atoms with Gasteiger partial charge in [-0.3, -0.25) is 19.9 Å². The van der Waals surface area contributed by atoms with E-state index in [1.807, 2.05) is 19.9 Å². The summed E-state index contributed by atoms with van der Waals surface area (Å²) in [6.07, 6.45) is 2.97. The molecule has 2 aromatic carbocycles. The number of fused-ring (bicyclic) bond motifs is 3. The quantitative estimate of drug-likeness (QED) is 0.442. The third kappa shape index (κ3) is 3.71. The lowest BCUT2D eigenvalue weighted by Crippen LogP contribution is -2.37. The van der Waals surface area contributed by atoms with Crippen molar-refractivity contribution in [2.45, 2.75) is 20.4 Å². The van der Waals surface area contributed by atoms with Crippen LogP contribution in [-0.4, -0.2) is 26.6 Å². The van der Waals surface area contributed by atoms with Crippen LogP contribution in [-0.2, 0) is 6.54 Å². The number of phenols is 1. The van der Waals surface area contributed by atoms with E-state index in [2.05, 4.69) is 15.6 Å². The van der Waals surface area contributed by atoms with E-state index in [1.165, 1.54) is 12.3 Å². The summed E-state index contributed by atoms with van der Waals surface area (Å²) in [5.41, 5.74) is 1.63. The van der Waals surface area contributed by atoms with Crippen LogP contribution in [0.15, 0.2) is 59.7 Å². The summed E-state index contributed by atoms with van der Waals surface area (Å²) < 4.78 is 1.73. The second-order valence-electron chi connectivity index (χ2n) is 7.13. The van der Waals surface area contributed by atoms with Crippen molar-refractivity contribution in [2.24, 2.45) is 0 Å². The van der Waals surface area contributed by atoms with Crippen LogP contribution in [0.1, 0.15) is 22.8 Å². The molecule has 3 N–H and O–H groups in total. The van der Waals surface area contributed by atoms with Crippen molar-refractivity contribution in [1.82, 2.24) is 14.9 Å². The third-order valence-electron chi connectivity index (χ3n) is 4.99. The zero-order chi connectivity index (χ0) is 22.1. The molecule has 0 saturated carbocycles. The molecule has 0 unspecified atom stereocenters. The second kappa shape index (κ2) is 7.91. The Morgan fingerprint density at radius 1 is 1.13 bits per heavy atom. The fraction of sp³-hybridized carbons (Fsp3) is 0.130. The second-order valence-corrected chi connectivity index (χ2v) is 7.13. The maximum absolute atomic E-state index is 13.1. The Labute approximate surface area is 177 Å². The topological polar surface area (TPSA) is 113 Å². The summed E-state index contributed by atoms with van der Waals surface area (Å²) in [4.78, 5) is 42.3. The van der Waals surface area contributed by atoms with Gasteiger partial charge in [0.15, 0.2) is 0 Å². The summed E-state index contributed by atoms with van der Waals surface area (Å²) >= 11 is 0. The van der Waals surface area contributed by atoms with Crippen LogP contribution >= 0.6 is 0 Å². The molecule has 3 amide bonds. The molecule has 0 radical (unpaired) electrons. The van der Waals surface area contributed by atoms with E-state index >= 15 is 0 Å². The van der Waals surface area contributed by atoms with E-state index in [1.54, 1.807) is 41.1 Å². The lowest BCUT2D eigenvalue weighted by Gasteiger charge is -2.14. The number of pyridine rings is 2. The summed E-state index contributed by atoms with van der Waals surface area (Å²) in [5, 5.41) is 15.9. The molecule has 0 atom stereocenters. The summed E-state index contributed by atoms with van der Waals surface area (Å²) in [7, 11) is 0. The number of urea groups is 1. The van der Waals surface area contributed by atoms with Crippen LogP contribution in [0.2, 0.25) is 0 Å². The number of aromatic hydroxyl groups is 1. The number of aryl methyl sites for hydroxylation is 2. The molecule has 2 aromatic heterocycles. The van der Waals surface area contributed by atoms with Crippen molar-refractivity contribution in [1.29, 1.82) is 0 Å². The van der Waals surface area contributed by atoms with E-state index in [0.29, 0.717) is 28.7 Å². The number of carbonyl (C=O) groups is 2. The minimum atomic E-state index is -0.829. The first-order chi connectivity index (χ1) is 14.9. The molecule has 31 heavy (non-hydrogen) atoms. The molecule has 0 spiro atoms. The minimum absolute atomic E-state index is 0.155. The predicted molar refractivity (Wildman–Crippen MR) is 119 cm³/mol. The molecule has 4 aromatic rings. The number of benzene rings is 2. The van der Waals surface area contributed by atoms with Crippen LogP contribution in [0.25, 0.3) is 21.8 Å². The normalized spacial score (nSPS) is 10.9. The van der Waals surface area contributed by atoms with Gasteiger partial charge in [0.05, 0.1) is 10.9 Å². The first-order valence-electron chi connectivity index (χ1n) is 9.72. The third-order valence-corrected chi connectivity index (χ3v) is 4.99. The van der Waals surface area contributed by atoms with Gasteiger partial charge in [0.2, 0.25) is 5.43 Å². The SMILES string of the molecule is CCn1cc(C(=O)NC(=O)Nc2cccc(C)c2)c(=O)c2cc(O)c3ncccc3c21. The molecular formula is C23H20N4O4. The van der Waals surface area contributed by atoms with E-state index in [0.717, 1.165) is 5.56 Å². The van der Waals surface area contributed by atoms with Crippen molar-refractivity contribution in [3.8, 4) is 5.75 Å². The van der Waals surface area contributed by atoms with Gasteiger partial charge in [0.25, 0.3) is 5.91 Å². The van der Waals surface area contributed by atoms with Crippen molar-refractivity contribution < 1.29 is 14.7 Å². The van der Waals surface area contributed by atoms with Gasteiger partial charge in [-0.1, -0.05) is 12.1 Å². The summed E-state index contributed by atoms with van der Waals surface area (Å²) in [6.45, 7) is 4.21. The highest BCUT2D eigenvalue weighted by molar-refractivity contribution is 6.11. The fourth-order valence-corrected chi connectivity index (χ4v) is 3.59. The Morgan fingerprint density at radius 3 is 2.68 bits per heavy atom. The van der Waals surface area contributed by atoms with Crippen LogP contribution in [0, 0.1) is 6.92 Å². The van der Waals surface area contributed by atoms with Crippen molar-refractivity contribution >= 4 is 39.4 Å². The number of hydrogen-bond acceptors (Lipinski definition) is 5. The zero-order valence-corrected chi connectivity index (χ0v) is 17.0. The largest absolute Gasteiger partial charge is 0.506 e. The number of nitrogens with one attached hydrogen (secondary N) is 2. The first-order valence-corrected chi connectivity index (χ1v) is 9.72. The Bertz CT molecular complexity index is 1410. The Hall–Kier alpha value is -4.20. The van der Waals surface area contributed by atoms with Gasteiger partial charge in [0, 0.05) is 30.0 Å². The van der Waals surface area contributed by atoms with Crippen molar-refractivity contribution in [3.05, 3.63) is 76.2 Å². The maximum Gasteiger partial charge on any atom is 0.326 e. The van der Waals surface area contributed by atoms with Crippen molar-refractivity contribution in [2.75, 3.05) is 5.32 Å². The van der Waals surface area contributed by atoms with Gasteiger partial charge < -0.3 is 15.0 Å². The number of rotatable bonds is 3. The Morgan fingerprint density at radius 2 is 1.94 bits per heavy atom. The fourth-order valence-electron chi connectivity index (χ4n) is 3.59. The molecule has 8 nitrogen and oxygen atoms in total. The number of amides is 3. The number of anilines is 1. The van der Waals surface area contributed by atoms with Gasteiger partial charge >= 0.3 is 6.03 Å². The van der Waals surface area contributed by atoms with Gasteiger partial charge in [-0.15, -0.1) is 0 Å². The van der Waals surface area contributed by atoms with Gasteiger partial charge in [0.1, 0.15) is 16.8 Å². The van der Waals surface area contributed by atoms with Crippen LogP contribution in [0.3, 0.4) is 0 Å². The van der Waals surface area contributed by atoms with E-state index in [-0.39, 0.29) is 16.7 Å². The lowest BCUT2D eigenvalue weighted by atomic mass is 10.1. The predicted octanol–water partition coefficient (Wildman–Crippen LogP) is 3.55. The smallest absolute Gasteiger partial charge is 0.326 e. The lowest BCUT2D eigenvalue weighted by molar-refractivity contribution is 0.0965. The number of nitrogens with zero attached hydrogens (tertiary/aromatic N) is 2. The van der Waals surface area contributed by atoms with Crippen LogP contribution in [0.4, 0.5) is 10.5 Å². The highest BCUT2D eigenvalue weighted by Crippen LogP contribution is 2.30. The average molecular weight is 416 g/mol. The van der Waals surface area contributed by atoms with Crippen molar-refractivity contribution in [3.63, 3.8) is 0 Å². The number of imide groups is 1. The average Bonchev–Trinajstić information content (AvgIpc) is 2.74. The molecule has 0 aliphatic rings. The Balaban J connectivity index is 1.75. The van der Waals surface area contributed by atoms with Crippen LogP contribution < -0.4 is 16.1 Å². The van der Waals surface area contributed by atoms with Gasteiger partial charge in [-0.2, -0.15) is 0 Å². The molecule has 0 bridgehead atoms. The van der Waals surface area contributed by atoms with Gasteiger partial charge in [-0.25, -0.2) is 4.79 Å². The summed E-state index contributed by atoms with van der Waals surface area (Å²) in [6, 6.07) is 11.1. The number of aromatic nitrogens is 2. The molecule has 8 heteroatoms. The molecular weight excluding hydrogens is 396 g/mol. The molecule has 4 rings (SSSR count).